The number of hydrogen-bond donors (Lipinski definition) is 1. The van der Waals surface area contributed by atoms with Crippen molar-refractivity contribution in [3.8, 4) is 0 Å². The van der Waals surface area contributed by atoms with E-state index in [4.69, 9.17) is 8.94 Å². The Bertz CT molecular complexity index is 847. The molecule has 0 bridgehead atoms. The first kappa shape index (κ1) is 18.1. The van der Waals surface area contributed by atoms with E-state index >= 15 is 0 Å². The van der Waals surface area contributed by atoms with Crippen molar-refractivity contribution in [2.75, 3.05) is 6.54 Å². The Labute approximate surface area is 154 Å². The maximum Gasteiger partial charge on any atom is 0.287 e. The van der Waals surface area contributed by atoms with Crippen LogP contribution < -0.4 is 5.32 Å². The fourth-order valence-electron chi connectivity index (χ4n) is 2.05. The number of nitrogens with one attached hydrogen (secondary N) is 1. The van der Waals surface area contributed by atoms with Crippen molar-refractivity contribution in [2.24, 2.45) is 0 Å². The maximum absolute atomic E-state index is 12.1. The molecule has 0 aromatic carbocycles. The second-order valence-corrected chi connectivity index (χ2v) is 6.74. The maximum atomic E-state index is 12.1. The SMILES string of the molecule is CC(C)c1nc(CCNC(=O)c2ccc(CSc3ncccn3)o2)no1. The van der Waals surface area contributed by atoms with Crippen LogP contribution in [0.25, 0.3) is 0 Å². The van der Waals surface area contributed by atoms with Crippen LogP contribution in [0.15, 0.2) is 44.7 Å². The summed E-state index contributed by atoms with van der Waals surface area (Å²) in [5.41, 5.74) is 0. The lowest BCUT2D eigenvalue weighted by Crippen LogP contribution is -2.25. The molecule has 3 aromatic rings. The average molecular weight is 373 g/mol. The zero-order chi connectivity index (χ0) is 18.4. The van der Waals surface area contributed by atoms with Crippen LogP contribution in [0, 0.1) is 0 Å². The molecule has 3 rings (SSSR count). The number of carbonyl (C=O) groups is 1. The summed E-state index contributed by atoms with van der Waals surface area (Å²) in [6.45, 7) is 4.37. The molecule has 0 fully saturated rings. The van der Waals surface area contributed by atoms with Crippen LogP contribution in [0.2, 0.25) is 0 Å². The number of thioether (sulfide) groups is 1. The van der Waals surface area contributed by atoms with Gasteiger partial charge in [0.15, 0.2) is 16.7 Å². The van der Waals surface area contributed by atoms with Crippen LogP contribution in [0.4, 0.5) is 0 Å². The van der Waals surface area contributed by atoms with E-state index in [0.717, 1.165) is 0 Å². The minimum absolute atomic E-state index is 0.187. The van der Waals surface area contributed by atoms with Gasteiger partial charge in [0.1, 0.15) is 5.76 Å². The van der Waals surface area contributed by atoms with Gasteiger partial charge in [-0.25, -0.2) is 9.97 Å². The Hall–Kier alpha value is -2.68. The van der Waals surface area contributed by atoms with Gasteiger partial charge in [-0.2, -0.15) is 4.98 Å². The Morgan fingerprint density at radius 3 is 2.81 bits per heavy atom. The molecule has 1 amide bonds. The molecule has 0 aliphatic carbocycles. The molecule has 136 valence electrons. The topological polar surface area (TPSA) is 107 Å². The molecule has 0 saturated carbocycles. The zero-order valence-corrected chi connectivity index (χ0v) is 15.3. The molecular weight excluding hydrogens is 354 g/mol. The van der Waals surface area contributed by atoms with Crippen LogP contribution in [0.3, 0.4) is 0 Å². The monoisotopic (exact) mass is 373 g/mol. The second-order valence-electron chi connectivity index (χ2n) is 5.80. The number of nitrogens with zero attached hydrogens (tertiary/aromatic N) is 4. The third-order valence-corrected chi connectivity index (χ3v) is 4.28. The zero-order valence-electron chi connectivity index (χ0n) is 14.5. The molecule has 0 aliphatic rings. The number of carbonyl (C=O) groups excluding carboxylic acids is 1. The highest BCUT2D eigenvalue weighted by Crippen LogP contribution is 2.20. The highest BCUT2D eigenvalue weighted by molar-refractivity contribution is 7.98. The van der Waals surface area contributed by atoms with E-state index in [2.05, 4.69) is 25.4 Å². The fourth-order valence-corrected chi connectivity index (χ4v) is 2.75. The van der Waals surface area contributed by atoms with Crippen molar-refractivity contribution in [3.05, 3.63) is 53.8 Å². The van der Waals surface area contributed by atoms with Gasteiger partial charge in [0.05, 0.1) is 5.75 Å². The summed E-state index contributed by atoms with van der Waals surface area (Å²) in [6.07, 6.45) is 3.87. The number of amides is 1. The lowest BCUT2D eigenvalue weighted by atomic mass is 10.2. The first-order valence-electron chi connectivity index (χ1n) is 8.21. The third-order valence-electron chi connectivity index (χ3n) is 3.38. The molecule has 0 atom stereocenters. The van der Waals surface area contributed by atoms with E-state index < -0.39 is 0 Å². The minimum atomic E-state index is -0.273. The van der Waals surface area contributed by atoms with Crippen molar-refractivity contribution in [1.82, 2.24) is 25.4 Å². The molecule has 0 aliphatic heterocycles. The smallest absolute Gasteiger partial charge is 0.287 e. The number of rotatable bonds is 8. The van der Waals surface area contributed by atoms with Gasteiger partial charge in [0, 0.05) is 31.3 Å². The average Bonchev–Trinajstić information content (AvgIpc) is 3.30. The van der Waals surface area contributed by atoms with Crippen molar-refractivity contribution in [1.29, 1.82) is 0 Å². The molecule has 0 radical (unpaired) electrons. The van der Waals surface area contributed by atoms with Crippen LogP contribution in [0.5, 0.6) is 0 Å². The predicted molar refractivity (Wildman–Crippen MR) is 94.7 cm³/mol. The molecule has 3 heterocycles. The normalized spacial score (nSPS) is 11.0. The summed E-state index contributed by atoms with van der Waals surface area (Å²) >= 11 is 1.44. The van der Waals surface area contributed by atoms with Gasteiger partial charge in [-0.15, -0.1) is 0 Å². The highest BCUT2D eigenvalue weighted by Gasteiger charge is 2.13. The summed E-state index contributed by atoms with van der Waals surface area (Å²) in [5, 5.41) is 7.34. The first-order chi connectivity index (χ1) is 12.6. The van der Waals surface area contributed by atoms with Crippen LogP contribution in [0.1, 0.15) is 47.8 Å². The molecule has 3 aromatic heterocycles. The Morgan fingerprint density at radius 1 is 1.27 bits per heavy atom. The van der Waals surface area contributed by atoms with Crippen molar-refractivity contribution in [3.63, 3.8) is 0 Å². The molecule has 0 spiro atoms. The summed E-state index contributed by atoms with van der Waals surface area (Å²) in [7, 11) is 0. The van der Waals surface area contributed by atoms with E-state index in [9.17, 15) is 4.79 Å². The van der Waals surface area contributed by atoms with Gasteiger partial charge < -0.3 is 14.3 Å². The first-order valence-corrected chi connectivity index (χ1v) is 9.19. The Kier molecular flexibility index (Phi) is 6.00. The van der Waals surface area contributed by atoms with Gasteiger partial charge >= 0.3 is 0 Å². The molecule has 1 N–H and O–H groups in total. The molecular formula is C17H19N5O3S. The number of aromatic nitrogens is 4. The Morgan fingerprint density at radius 2 is 2.08 bits per heavy atom. The van der Waals surface area contributed by atoms with Crippen molar-refractivity contribution >= 4 is 17.7 Å². The predicted octanol–water partition coefficient (Wildman–Crippen LogP) is 2.84. The summed E-state index contributed by atoms with van der Waals surface area (Å²) in [5.74, 6) is 2.60. The number of furan rings is 1. The third kappa shape index (κ3) is 4.92. The van der Waals surface area contributed by atoms with Gasteiger partial charge in [-0.05, 0) is 18.2 Å². The lowest BCUT2D eigenvalue weighted by molar-refractivity contribution is 0.0925. The summed E-state index contributed by atoms with van der Waals surface area (Å²) < 4.78 is 10.7. The molecule has 9 heteroatoms. The summed E-state index contributed by atoms with van der Waals surface area (Å²) in [6, 6.07) is 5.19. The van der Waals surface area contributed by atoms with Crippen LogP contribution >= 0.6 is 11.8 Å². The van der Waals surface area contributed by atoms with Crippen molar-refractivity contribution < 1.29 is 13.7 Å². The van der Waals surface area contributed by atoms with E-state index in [1.165, 1.54) is 11.8 Å². The van der Waals surface area contributed by atoms with Gasteiger partial charge in [0.2, 0.25) is 5.89 Å². The standard InChI is InChI=1S/C17H19N5O3S/c1-11(2)16-21-14(22-25-16)6-9-18-15(23)13-5-4-12(24-13)10-26-17-19-7-3-8-20-17/h3-5,7-8,11H,6,9-10H2,1-2H3,(H,18,23). The van der Waals surface area contributed by atoms with E-state index in [-0.39, 0.29) is 17.6 Å². The quantitative estimate of drug-likeness (QED) is 0.474. The molecule has 0 unspecified atom stereocenters. The lowest BCUT2D eigenvalue weighted by Gasteiger charge is -2.01. The second kappa shape index (κ2) is 8.61. The van der Waals surface area contributed by atoms with Crippen LogP contribution in [-0.4, -0.2) is 32.6 Å². The summed E-state index contributed by atoms with van der Waals surface area (Å²) in [4.78, 5) is 24.7. The van der Waals surface area contributed by atoms with Gasteiger partial charge in [-0.3, -0.25) is 4.79 Å². The van der Waals surface area contributed by atoms with E-state index in [1.807, 2.05) is 13.8 Å². The van der Waals surface area contributed by atoms with Gasteiger partial charge in [0.25, 0.3) is 5.91 Å². The number of hydrogen-bond acceptors (Lipinski definition) is 8. The minimum Gasteiger partial charge on any atom is -0.455 e. The molecule has 8 nitrogen and oxygen atoms in total. The van der Waals surface area contributed by atoms with E-state index in [0.29, 0.717) is 41.4 Å². The van der Waals surface area contributed by atoms with E-state index in [1.54, 1.807) is 30.6 Å². The molecule has 0 saturated heterocycles. The van der Waals surface area contributed by atoms with Crippen molar-refractivity contribution in [2.45, 2.75) is 37.1 Å². The Balaban J connectivity index is 1.45. The molecule has 26 heavy (non-hydrogen) atoms. The largest absolute Gasteiger partial charge is 0.455 e. The van der Waals surface area contributed by atoms with Crippen LogP contribution in [-0.2, 0) is 12.2 Å². The highest BCUT2D eigenvalue weighted by atomic mass is 32.2. The van der Waals surface area contributed by atoms with Gasteiger partial charge in [-0.1, -0.05) is 30.8 Å². The fraction of sp³-hybridized carbons (Fsp3) is 0.353.